The van der Waals surface area contributed by atoms with Gasteiger partial charge in [-0.25, -0.2) is 4.52 Å². The third-order valence-electron chi connectivity index (χ3n) is 5.46. The lowest BCUT2D eigenvalue weighted by Gasteiger charge is -2.23. The van der Waals surface area contributed by atoms with Crippen LogP contribution in [0.5, 0.6) is 0 Å². The summed E-state index contributed by atoms with van der Waals surface area (Å²) < 4.78 is 2.69. The van der Waals surface area contributed by atoms with E-state index in [0.717, 1.165) is 41.1 Å². The Hall–Kier alpha value is -1.60. The first-order chi connectivity index (χ1) is 11.0. The van der Waals surface area contributed by atoms with E-state index in [9.17, 15) is 4.79 Å². The summed E-state index contributed by atoms with van der Waals surface area (Å²) in [6.45, 7) is 4.49. The van der Waals surface area contributed by atoms with Crippen molar-refractivity contribution in [2.45, 2.75) is 19.4 Å². The monoisotopic (exact) mass is 377 g/mol. The van der Waals surface area contributed by atoms with Crippen molar-refractivity contribution in [2.24, 2.45) is 23.5 Å². The normalized spacial score (nSPS) is 29.8. The Kier molecular flexibility index (Phi) is 3.57. The highest BCUT2D eigenvalue weighted by atomic mass is 79.9. The highest BCUT2D eigenvalue weighted by molar-refractivity contribution is 9.10. The van der Waals surface area contributed by atoms with E-state index in [4.69, 9.17) is 5.73 Å². The molecule has 0 spiro atoms. The van der Waals surface area contributed by atoms with Crippen LogP contribution in [0.4, 0.5) is 5.69 Å². The zero-order valence-electron chi connectivity index (χ0n) is 12.9. The Bertz CT molecular complexity index is 773. The molecule has 2 aromatic rings. The molecule has 1 amide bonds. The van der Waals surface area contributed by atoms with Gasteiger partial charge in [-0.05, 0) is 59.3 Å². The van der Waals surface area contributed by atoms with Crippen molar-refractivity contribution in [2.75, 3.05) is 18.4 Å². The van der Waals surface area contributed by atoms with Crippen LogP contribution in [-0.2, 0) is 0 Å². The average molecular weight is 378 g/mol. The molecule has 6 nitrogen and oxygen atoms in total. The molecule has 4 N–H and O–H groups in total. The fourth-order valence-electron chi connectivity index (χ4n) is 4.21. The summed E-state index contributed by atoms with van der Waals surface area (Å²) in [7, 11) is 0. The van der Waals surface area contributed by atoms with E-state index >= 15 is 0 Å². The number of nitrogens with zero attached hydrogens (tertiary/aromatic N) is 2. The molecule has 4 atom stereocenters. The van der Waals surface area contributed by atoms with E-state index in [0.29, 0.717) is 23.4 Å². The van der Waals surface area contributed by atoms with Crippen molar-refractivity contribution in [1.29, 1.82) is 0 Å². The molecule has 23 heavy (non-hydrogen) atoms. The first-order valence-electron chi connectivity index (χ1n) is 7.98. The quantitative estimate of drug-likeness (QED) is 0.761. The molecule has 1 aliphatic heterocycles. The lowest BCUT2D eigenvalue weighted by molar-refractivity contribution is 0.100. The van der Waals surface area contributed by atoms with Crippen LogP contribution in [0.25, 0.3) is 5.52 Å². The maximum atomic E-state index is 11.8. The Morgan fingerprint density at radius 2 is 2.35 bits per heavy atom. The highest BCUT2D eigenvalue weighted by Gasteiger charge is 2.43. The molecule has 2 unspecified atom stereocenters. The first-order valence-corrected chi connectivity index (χ1v) is 8.78. The van der Waals surface area contributed by atoms with Gasteiger partial charge in [-0.1, -0.05) is 6.92 Å². The topological polar surface area (TPSA) is 84.5 Å². The molecule has 2 fully saturated rings. The molecule has 122 valence electrons. The van der Waals surface area contributed by atoms with Crippen molar-refractivity contribution in [3.63, 3.8) is 0 Å². The van der Waals surface area contributed by atoms with E-state index in [1.54, 1.807) is 10.7 Å². The van der Waals surface area contributed by atoms with E-state index in [-0.39, 0.29) is 0 Å². The minimum atomic E-state index is -0.452. The zero-order valence-corrected chi connectivity index (χ0v) is 14.5. The van der Waals surface area contributed by atoms with Gasteiger partial charge in [-0.3, -0.25) is 4.79 Å². The third kappa shape index (κ3) is 2.42. The molecule has 0 radical (unpaired) electrons. The Labute approximate surface area is 142 Å². The van der Waals surface area contributed by atoms with Gasteiger partial charge in [0.05, 0.1) is 23.0 Å². The summed E-state index contributed by atoms with van der Waals surface area (Å²) in [5.41, 5.74) is 7.68. The second-order valence-electron chi connectivity index (χ2n) is 6.71. The number of aromatic nitrogens is 2. The number of halogens is 1. The fourth-order valence-corrected chi connectivity index (χ4v) is 4.62. The number of rotatable bonds is 3. The summed E-state index contributed by atoms with van der Waals surface area (Å²) >= 11 is 3.47. The molecule has 0 bridgehead atoms. The molecule has 1 saturated heterocycles. The van der Waals surface area contributed by atoms with E-state index in [1.165, 1.54) is 0 Å². The predicted molar refractivity (Wildman–Crippen MR) is 92.5 cm³/mol. The second-order valence-corrected chi connectivity index (χ2v) is 7.63. The first kappa shape index (κ1) is 15.0. The van der Waals surface area contributed by atoms with Gasteiger partial charge in [0.1, 0.15) is 0 Å². The van der Waals surface area contributed by atoms with E-state index in [2.05, 4.69) is 38.6 Å². The summed E-state index contributed by atoms with van der Waals surface area (Å²) in [5, 5.41) is 11.4. The molecule has 2 aliphatic rings. The van der Waals surface area contributed by atoms with Gasteiger partial charge in [0.15, 0.2) is 0 Å². The van der Waals surface area contributed by atoms with Crippen LogP contribution in [0.2, 0.25) is 0 Å². The largest absolute Gasteiger partial charge is 0.380 e. The smallest absolute Gasteiger partial charge is 0.252 e. The summed E-state index contributed by atoms with van der Waals surface area (Å²) in [4.78, 5) is 11.8. The number of hydrogen-bond acceptors (Lipinski definition) is 4. The average Bonchev–Trinajstić information content (AvgIpc) is 3.16. The number of nitrogens with one attached hydrogen (secondary N) is 2. The van der Waals surface area contributed by atoms with Crippen molar-refractivity contribution >= 4 is 33.0 Å². The van der Waals surface area contributed by atoms with Gasteiger partial charge in [-0.15, -0.1) is 0 Å². The van der Waals surface area contributed by atoms with Crippen LogP contribution >= 0.6 is 15.9 Å². The van der Waals surface area contributed by atoms with Crippen LogP contribution in [-0.4, -0.2) is 34.7 Å². The minimum absolute atomic E-state index is 0.352. The molecule has 1 saturated carbocycles. The number of carbonyl (C=O) groups is 1. The lowest BCUT2D eigenvalue weighted by atomic mass is 9.93. The van der Waals surface area contributed by atoms with Gasteiger partial charge in [0.25, 0.3) is 5.91 Å². The van der Waals surface area contributed by atoms with Crippen molar-refractivity contribution < 1.29 is 4.79 Å². The van der Waals surface area contributed by atoms with Crippen LogP contribution < -0.4 is 16.4 Å². The van der Waals surface area contributed by atoms with Crippen molar-refractivity contribution in [1.82, 2.24) is 14.9 Å². The standard InChI is InChI=1S/C16H20BrN5O/c1-8-11-5-19-4-9(11)2-13(8)21-15-12(16(18)23)6-20-22-7-10(17)3-14(15)22/h3,6-9,11,13,19,21H,2,4-5H2,1H3,(H2,18,23)/t8-,9?,11?,13-/m1/s1. The van der Waals surface area contributed by atoms with Gasteiger partial charge in [0.2, 0.25) is 0 Å². The molecule has 4 rings (SSSR count). The highest BCUT2D eigenvalue weighted by Crippen LogP contribution is 2.41. The number of nitrogens with two attached hydrogens (primary N) is 1. The Balaban J connectivity index is 1.73. The molecule has 2 aromatic heterocycles. The molecular weight excluding hydrogens is 358 g/mol. The summed E-state index contributed by atoms with van der Waals surface area (Å²) in [6, 6.07) is 2.31. The molecule has 3 heterocycles. The maximum Gasteiger partial charge on any atom is 0.252 e. The molecule has 0 aromatic carbocycles. The number of fused-ring (bicyclic) bond motifs is 2. The van der Waals surface area contributed by atoms with Gasteiger partial charge >= 0.3 is 0 Å². The third-order valence-corrected chi connectivity index (χ3v) is 5.89. The van der Waals surface area contributed by atoms with Crippen LogP contribution in [0, 0.1) is 17.8 Å². The zero-order chi connectivity index (χ0) is 16.1. The molecular formula is C16H20BrN5O. The fraction of sp³-hybridized carbons (Fsp3) is 0.500. The van der Waals surface area contributed by atoms with E-state index < -0.39 is 5.91 Å². The number of carbonyl (C=O) groups excluding carboxylic acids is 1. The van der Waals surface area contributed by atoms with Crippen LogP contribution in [0.15, 0.2) is 22.9 Å². The molecule has 1 aliphatic carbocycles. The number of hydrogen-bond donors (Lipinski definition) is 3. The van der Waals surface area contributed by atoms with Crippen LogP contribution in [0.3, 0.4) is 0 Å². The second kappa shape index (κ2) is 5.49. The number of anilines is 1. The minimum Gasteiger partial charge on any atom is -0.380 e. The van der Waals surface area contributed by atoms with Gasteiger partial charge in [-0.2, -0.15) is 5.10 Å². The molecule has 7 heteroatoms. The predicted octanol–water partition coefficient (Wildman–Crippen LogP) is 1.85. The Morgan fingerprint density at radius 1 is 1.52 bits per heavy atom. The lowest BCUT2D eigenvalue weighted by Crippen LogP contribution is -2.29. The van der Waals surface area contributed by atoms with Crippen LogP contribution in [0.1, 0.15) is 23.7 Å². The van der Waals surface area contributed by atoms with Crippen molar-refractivity contribution in [3.05, 3.63) is 28.5 Å². The van der Waals surface area contributed by atoms with E-state index in [1.807, 2.05) is 12.3 Å². The SMILES string of the molecule is C[C@@H]1C2CNCC2C[C@H]1Nc1c(C(N)=O)cnn2cc(Br)cc12. The number of primary amides is 1. The van der Waals surface area contributed by atoms with Gasteiger partial charge in [0, 0.05) is 16.7 Å². The van der Waals surface area contributed by atoms with Gasteiger partial charge < -0.3 is 16.4 Å². The Morgan fingerprint density at radius 3 is 3.09 bits per heavy atom. The van der Waals surface area contributed by atoms with Crippen molar-refractivity contribution in [3.8, 4) is 0 Å². The maximum absolute atomic E-state index is 11.8. The number of amides is 1. The summed E-state index contributed by atoms with van der Waals surface area (Å²) in [5.74, 6) is 1.53. The summed E-state index contributed by atoms with van der Waals surface area (Å²) in [6.07, 6.45) is 4.54.